The molecule has 1 heterocycles. The molecule has 5 nitrogen and oxygen atoms in total. The Morgan fingerprint density at radius 3 is 2.72 bits per heavy atom. The van der Waals surface area contributed by atoms with Crippen molar-refractivity contribution in [2.75, 3.05) is 0 Å². The fourth-order valence-electron chi connectivity index (χ4n) is 1.94. The second-order valence-electron chi connectivity index (χ2n) is 4.43. The lowest BCUT2D eigenvalue weighted by Crippen LogP contribution is -2.45. The number of benzene rings is 1. The summed E-state index contributed by atoms with van der Waals surface area (Å²) in [4.78, 5) is 16.6. The molecular formula is C13H16N4O. The summed E-state index contributed by atoms with van der Waals surface area (Å²) in [5.41, 5.74) is 6.87. The summed E-state index contributed by atoms with van der Waals surface area (Å²) < 4.78 is 0. The molecule has 1 amide bonds. The number of rotatable bonds is 2. The van der Waals surface area contributed by atoms with Gasteiger partial charge in [0.25, 0.3) is 5.91 Å². The van der Waals surface area contributed by atoms with Gasteiger partial charge in [-0.25, -0.2) is 0 Å². The molecule has 1 aromatic heterocycles. The number of fused-ring (bicyclic) bond motifs is 1. The predicted molar refractivity (Wildman–Crippen MR) is 71.5 cm³/mol. The van der Waals surface area contributed by atoms with Crippen LogP contribution in [-0.2, 0) is 0 Å². The molecule has 4 N–H and O–H groups in total. The third kappa shape index (κ3) is 2.07. The first kappa shape index (κ1) is 12.2. The van der Waals surface area contributed by atoms with Crippen LogP contribution in [0.1, 0.15) is 24.2 Å². The number of hydrogen-bond acceptors (Lipinski definition) is 2. The van der Waals surface area contributed by atoms with E-state index >= 15 is 0 Å². The SMILES string of the molecule is CC(C)N(C(=N)N)C(=O)c1ccc2cc[nH]c2c1. The van der Waals surface area contributed by atoms with Crippen LogP contribution in [-0.4, -0.2) is 27.8 Å². The van der Waals surface area contributed by atoms with E-state index in [4.69, 9.17) is 11.1 Å². The van der Waals surface area contributed by atoms with Gasteiger partial charge in [-0.15, -0.1) is 0 Å². The zero-order chi connectivity index (χ0) is 13.3. The van der Waals surface area contributed by atoms with Crippen LogP contribution in [0.3, 0.4) is 0 Å². The first-order chi connectivity index (χ1) is 8.50. The van der Waals surface area contributed by atoms with Crippen LogP contribution < -0.4 is 5.73 Å². The maximum absolute atomic E-state index is 12.3. The number of H-pyrrole nitrogens is 1. The summed E-state index contributed by atoms with van der Waals surface area (Å²) in [5, 5.41) is 8.52. The summed E-state index contributed by atoms with van der Waals surface area (Å²) in [5.74, 6) is -0.490. The number of aromatic amines is 1. The highest BCUT2D eigenvalue weighted by Crippen LogP contribution is 2.16. The number of carbonyl (C=O) groups excluding carboxylic acids is 1. The quantitative estimate of drug-likeness (QED) is 0.556. The highest BCUT2D eigenvalue weighted by molar-refractivity contribution is 6.06. The molecule has 0 spiro atoms. The molecule has 94 valence electrons. The van der Waals surface area contributed by atoms with Crippen molar-refractivity contribution in [2.45, 2.75) is 19.9 Å². The van der Waals surface area contributed by atoms with Crippen LogP contribution in [0, 0.1) is 5.41 Å². The van der Waals surface area contributed by atoms with Crippen molar-refractivity contribution >= 4 is 22.8 Å². The van der Waals surface area contributed by atoms with Gasteiger partial charge in [-0.05, 0) is 37.4 Å². The van der Waals surface area contributed by atoms with E-state index in [0.717, 1.165) is 10.9 Å². The fourth-order valence-corrected chi connectivity index (χ4v) is 1.94. The van der Waals surface area contributed by atoms with Crippen LogP contribution >= 0.6 is 0 Å². The van der Waals surface area contributed by atoms with E-state index in [9.17, 15) is 4.79 Å². The zero-order valence-corrected chi connectivity index (χ0v) is 10.4. The summed E-state index contributed by atoms with van der Waals surface area (Å²) in [7, 11) is 0. The van der Waals surface area contributed by atoms with Crippen molar-refractivity contribution in [1.82, 2.24) is 9.88 Å². The standard InChI is InChI=1S/C13H16N4O/c1-8(2)17(13(14)15)12(18)10-4-3-9-5-6-16-11(9)7-10/h3-8,16H,1-2H3,(H3,14,15). The maximum atomic E-state index is 12.3. The molecule has 0 bridgehead atoms. The number of nitrogens with one attached hydrogen (secondary N) is 2. The van der Waals surface area contributed by atoms with E-state index < -0.39 is 0 Å². The van der Waals surface area contributed by atoms with Crippen molar-refractivity contribution in [3.05, 3.63) is 36.0 Å². The molecule has 0 unspecified atom stereocenters. The Morgan fingerprint density at radius 2 is 2.11 bits per heavy atom. The normalized spacial score (nSPS) is 10.8. The van der Waals surface area contributed by atoms with Gasteiger partial charge in [0.2, 0.25) is 0 Å². The lowest BCUT2D eigenvalue weighted by molar-refractivity contribution is 0.0816. The van der Waals surface area contributed by atoms with Gasteiger partial charge in [-0.3, -0.25) is 15.1 Å². The minimum absolute atomic E-state index is 0.144. The van der Waals surface area contributed by atoms with Crippen molar-refractivity contribution in [3.8, 4) is 0 Å². The Hall–Kier alpha value is -2.30. The van der Waals surface area contributed by atoms with Gasteiger partial charge in [0.05, 0.1) is 0 Å². The van der Waals surface area contributed by atoms with Crippen molar-refractivity contribution in [2.24, 2.45) is 5.73 Å². The average molecular weight is 244 g/mol. The van der Waals surface area contributed by atoms with Gasteiger partial charge in [-0.1, -0.05) is 6.07 Å². The first-order valence-corrected chi connectivity index (χ1v) is 5.75. The molecule has 5 heteroatoms. The highest BCUT2D eigenvalue weighted by Gasteiger charge is 2.21. The number of guanidine groups is 1. The van der Waals surface area contributed by atoms with Crippen LogP contribution in [0.5, 0.6) is 0 Å². The molecule has 2 aromatic rings. The molecule has 1 aromatic carbocycles. The Bertz CT molecular complexity index is 600. The number of hydrogen-bond donors (Lipinski definition) is 3. The van der Waals surface area contributed by atoms with E-state index in [1.807, 2.05) is 32.2 Å². The van der Waals surface area contributed by atoms with E-state index in [1.165, 1.54) is 4.90 Å². The average Bonchev–Trinajstić information content (AvgIpc) is 2.74. The molecule has 0 saturated carbocycles. The van der Waals surface area contributed by atoms with Crippen molar-refractivity contribution in [1.29, 1.82) is 5.41 Å². The summed E-state index contributed by atoms with van der Waals surface area (Å²) in [6, 6.07) is 7.19. The molecule has 0 saturated heterocycles. The molecule has 0 fully saturated rings. The summed E-state index contributed by atoms with van der Waals surface area (Å²) >= 11 is 0. The Labute approximate surface area is 105 Å². The van der Waals surface area contributed by atoms with Gasteiger partial charge in [-0.2, -0.15) is 0 Å². The highest BCUT2D eigenvalue weighted by atomic mass is 16.2. The number of nitrogens with zero attached hydrogens (tertiary/aromatic N) is 1. The van der Waals surface area contributed by atoms with Crippen LogP contribution in [0.15, 0.2) is 30.5 Å². The minimum Gasteiger partial charge on any atom is -0.370 e. The number of amides is 1. The summed E-state index contributed by atoms with van der Waals surface area (Å²) in [6.45, 7) is 3.65. The van der Waals surface area contributed by atoms with Crippen LogP contribution in [0.4, 0.5) is 0 Å². The first-order valence-electron chi connectivity index (χ1n) is 5.75. The molecule has 18 heavy (non-hydrogen) atoms. The predicted octanol–water partition coefficient (Wildman–Crippen LogP) is 1.91. The van der Waals surface area contributed by atoms with E-state index in [2.05, 4.69) is 4.98 Å². The van der Waals surface area contributed by atoms with E-state index in [1.54, 1.807) is 12.1 Å². The number of nitrogens with two attached hydrogens (primary N) is 1. The van der Waals surface area contributed by atoms with Crippen molar-refractivity contribution < 1.29 is 4.79 Å². The Balaban J connectivity index is 2.40. The largest absolute Gasteiger partial charge is 0.370 e. The summed E-state index contributed by atoms with van der Waals surface area (Å²) in [6.07, 6.45) is 1.82. The fraction of sp³-hybridized carbons (Fsp3) is 0.231. The monoisotopic (exact) mass is 244 g/mol. The zero-order valence-electron chi connectivity index (χ0n) is 10.4. The molecule has 0 atom stereocenters. The van der Waals surface area contributed by atoms with Gasteiger partial charge in [0.1, 0.15) is 0 Å². The van der Waals surface area contributed by atoms with Crippen molar-refractivity contribution in [3.63, 3.8) is 0 Å². The molecular weight excluding hydrogens is 228 g/mol. The lowest BCUT2D eigenvalue weighted by atomic mass is 10.1. The van der Waals surface area contributed by atoms with Crippen LogP contribution in [0.25, 0.3) is 10.9 Å². The van der Waals surface area contributed by atoms with Gasteiger partial charge < -0.3 is 10.7 Å². The van der Waals surface area contributed by atoms with E-state index in [0.29, 0.717) is 5.56 Å². The second kappa shape index (κ2) is 4.52. The van der Waals surface area contributed by atoms with Crippen LogP contribution in [0.2, 0.25) is 0 Å². The maximum Gasteiger partial charge on any atom is 0.260 e. The van der Waals surface area contributed by atoms with Gasteiger partial charge >= 0.3 is 0 Å². The molecule has 0 aliphatic rings. The number of aromatic nitrogens is 1. The second-order valence-corrected chi connectivity index (χ2v) is 4.43. The smallest absolute Gasteiger partial charge is 0.260 e. The topological polar surface area (TPSA) is 86.0 Å². The number of carbonyl (C=O) groups is 1. The molecule has 2 rings (SSSR count). The Kier molecular flexibility index (Phi) is 3.06. The van der Waals surface area contributed by atoms with Gasteiger partial charge in [0.15, 0.2) is 5.96 Å². The Morgan fingerprint density at radius 1 is 1.39 bits per heavy atom. The molecule has 0 aliphatic heterocycles. The lowest BCUT2D eigenvalue weighted by Gasteiger charge is -2.24. The molecule has 0 radical (unpaired) electrons. The van der Waals surface area contributed by atoms with Gasteiger partial charge in [0, 0.05) is 23.3 Å². The third-order valence-electron chi connectivity index (χ3n) is 2.80. The van der Waals surface area contributed by atoms with E-state index in [-0.39, 0.29) is 17.9 Å². The third-order valence-corrected chi connectivity index (χ3v) is 2.80. The minimum atomic E-state index is -0.256. The molecule has 0 aliphatic carbocycles.